The van der Waals surface area contributed by atoms with Gasteiger partial charge in [0.05, 0.1) is 5.41 Å². The van der Waals surface area contributed by atoms with E-state index in [0.29, 0.717) is 18.4 Å². The van der Waals surface area contributed by atoms with Gasteiger partial charge in [0.2, 0.25) is 5.91 Å². The topological polar surface area (TPSA) is 91.1 Å². The van der Waals surface area contributed by atoms with Gasteiger partial charge >= 0.3 is 17.8 Å². The van der Waals surface area contributed by atoms with Gasteiger partial charge in [-0.2, -0.15) is 13.2 Å². The Hall–Kier alpha value is -2.45. The molecular weight excluding hydrogens is 351 g/mol. The molecule has 0 atom stereocenters. The third kappa shape index (κ3) is 3.30. The number of alkyl halides is 3. The normalized spacial score (nSPS) is 20.0. The summed E-state index contributed by atoms with van der Waals surface area (Å²) >= 11 is 0. The third-order valence-electron chi connectivity index (χ3n) is 5.03. The fourth-order valence-corrected chi connectivity index (χ4v) is 3.43. The van der Waals surface area contributed by atoms with Crippen LogP contribution in [-0.2, 0) is 21.8 Å². The van der Waals surface area contributed by atoms with Crippen LogP contribution >= 0.6 is 0 Å². The summed E-state index contributed by atoms with van der Waals surface area (Å²) in [6, 6.07) is 5.62. The Kier molecular flexibility index (Phi) is 4.49. The molecule has 0 bridgehead atoms. The van der Waals surface area contributed by atoms with E-state index >= 15 is 0 Å². The first-order valence-corrected chi connectivity index (χ1v) is 8.29. The molecule has 0 radical (unpaired) electrons. The highest BCUT2D eigenvalue weighted by Crippen LogP contribution is 2.52. The molecule has 1 amide bonds. The van der Waals surface area contributed by atoms with Gasteiger partial charge in [0.1, 0.15) is 0 Å². The summed E-state index contributed by atoms with van der Waals surface area (Å²) in [5.74, 6) is -1.40. The second kappa shape index (κ2) is 6.37. The minimum Gasteiger partial charge on any atom is -0.481 e. The van der Waals surface area contributed by atoms with Crippen LogP contribution in [0.15, 0.2) is 34.5 Å². The number of carbonyl (C=O) groups is 2. The second-order valence-corrected chi connectivity index (χ2v) is 6.82. The van der Waals surface area contributed by atoms with E-state index in [1.165, 1.54) is 18.2 Å². The average Bonchev–Trinajstić information content (AvgIpc) is 3.28. The van der Waals surface area contributed by atoms with Crippen molar-refractivity contribution < 1.29 is 27.9 Å². The van der Waals surface area contributed by atoms with Crippen LogP contribution in [0.2, 0.25) is 0 Å². The lowest BCUT2D eigenvalue weighted by molar-refractivity contribution is -0.166. The van der Waals surface area contributed by atoms with Crippen molar-refractivity contribution in [2.24, 2.45) is 15.6 Å². The number of nitrogens with zero attached hydrogens (tertiary/aromatic N) is 2. The highest BCUT2D eigenvalue weighted by molar-refractivity contribution is 5.85. The molecule has 1 aliphatic carbocycles. The van der Waals surface area contributed by atoms with Crippen molar-refractivity contribution in [3.05, 3.63) is 35.4 Å². The predicted molar refractivity (Wildman–Crippen MR) is 84.0 cm³/mol. The predicted octanol–water partition coefficient (Wildman–Crippen LogP) is 3.52. The zero-order chi connectivity index (χ0) is 19.0. The van der Waals surface area contributed by atoms with Gasteiger partial charge in [0.25, 0.3) is 0 Å². The molecule has 140 valence electrons. The first kappa shape index (κ1) is 18.3. The number of nitrogens with one attached hydrogen (secondary N) is 1. The number of amides is 1. The van der Waals surface area contributed by atoms with Gasteiger partial charge in [0.15, 0.2) is 0 Å². The Morgan fingerprint density at radius 2 is 1.85 bits per heavy atom. The molecule has 1 saturated carbocycles. The molecule has 0 spiro atoms. The Morgan fingerprint density at radius 1 is 1.19 bits per heavy atom. The number of carboxylic acid groups (broad SMARTS) is 1. The third-order valence-corrected chi connectivity index (χ3v) is 5.03. The lowest BCUT2D eigenvalue weighted by Gasteiger charge is -2.23. The summed E-state index contributed by atoms with van der Waals surface area (Å²) < 4.78 is 39.2. The van der Waals surface area contributed by atoms with Crippen LogP contribution in [0.3, 0.4) is 0 Å². The minimum absolute atomic E-state index is 0.0102. The molecule has 2 N–H and O–H groups in total. The maximum Gasteiger partial charge on any atom is 0.442 e. The van der Waals surface area contributed by atoms with Crippen molar-refractivity contribution >= 4 is 11.9 Å². The Labute approximate surface area is 147 Å². The number of carboxylic acids is 1. The largest absolute Gasteiger partial charge is 0.481 e. The van der Waals surface area contributed by atoms with Gasteiger partial charge in [-0.05, 0) is 24.5 Å². The summed E-state index contributed by atoms with van der Waals surface area (Å²) in [6.45, 7) is 0.0102. The van der Waals surface area contributed by atoms with Crippen LogP contribution in [0, 0.1) is 5.41 Å². The second-order valence-electron chi connectivity index (χ2n) is 6.82. The van der Waals surface area contributed by atoms with Crippen molar-refractivity contribution in [3.8, 4) is 0 Å². The standard InChI is InChI=1S/C17H18F3N3O3/c18-17(19,20)16(22-23-16)12-5-3-4-11(8-12)10-21-13(24)9-15(14(25)26)6-1-2-7-15/h3-5,8H,1-2,6-7,9-10H2,(H,21,24)(H,25,26). The van der Waals surface area contributed by atoms with E-state index in [4.69, 9.17) is 0 Å². The van der Waals surface area contributed by atoms with Crippen molar-refractivity contribution in [3.63, 3.8) is 0 Å². The summed E-state index contributed by atoms with van der Waals surface area (Å²) in [7, 11) is 0. The molecule has 0 saturated heterocycles. The number of halogens is 3. The molecule has 1 heterocycles. The first-order chi connectivity index (χ1) is 12.2. The Bertz CT molecular complexity index is 749. The minimum atomic E-state index is -4.61. The molecule has 6 nitrogen and oxygen atoms in total. The molecule has 2 aliphatic rings. The van der Waals surface area contributed by atoms with E-state index in [1.807, 2.05) is 0 Å². The summed E-state index contributed by atoms with van der Waals surface area (Å²) in [5, 5.41) is 18.3. The molecule has 1 fully saturated rings. The zero-order valence-electron chi connectivity index (χ0n) is 13.8. The van der Waals surface area contributed by atoms with Crippen molar-refractivity contribution in [1.29, 1.82) is 0 Å². The van der Waals surface area contributed by atoms with E-state index in [0.717, 1.165) is 12.8 Å². The fourth-order valence-electron chi connectivity index (χ4n) is 3.43. The van der Waals surface area contributed by atoms with Crippen LogP contribution in [0.25, 0.3) is 0 Å². The van der Waals surface area contributed by atoms with Crippen LogP contribution < -0.4 is 5.32 Å². The SMILES string of the molecule is O=C(CC1(C(=O)O)CCCC1)NCc1cccc(C2(C(F)(F)F)N=N2)c1. The first-order valence-electron chi connectivity index (χ1n) is 8.29. The summed E-state index contributed by atoms with van der Waals surface area (Å²) in [5.41, 5.74) is -3.16. The molecular formula is C17H18F3N3O3. The number of hydrogen-bond donors (Lipinski definition) is 2. The van der Waals surface area contributed by atoms with Crippen molar-refractivity contribution in [2.45, 2.75) is 50.5 Å². The quantitative estimate of drug-likeness (QED) is 0.804. The molecule has 0 aromatic heterocycles. The molecule has 1 aliphatic heterocycles. The molecule has 26 heavy (non-hydrogen) atoms. The van der Waals surface area contributed by atoms with E-state index in [2.05, 4.69) is 15.5 Å². The summed E-state index contributed by atoms with van der Waals surface area (Å²) in [6.07, 6.45) is -2.27. The van der Waals surface area contributed by atoms with Gasteiger partial charge < -0.3 is 10.4 Å². The summed E-state index contributed by atoms with van der Waals surface area (Å²) in [4.78, 5) is 23.6. The van der Waals surface area contributed by atoms with Gasteiger partial charge in [-0.25, -0.2) is 0 Å². The lowest BCUT2D eigenvalue weighted by Crippen LogP contribution is -2.35. The number of carbonyl (C=O) groups excluding carboxylic acids is 1. The van der Waals surface area contributed by atoms with E-state index < -0.39 is 29.1 Å². The maximum absolute atomic E-state index is 13.1. The van der Waals surface area contributed by atoms with Crippen LogP contribution in [0.5, 0.6) is 0 Å². The maximum atomic E-state index is 13.1. The number of hydrogen-bond acceptors (Lipinski definition) is 4. The van der Waals surface area contributed by atoms with Gasteiger partial charge in [-0.1, -0.05) is 31.0 Å². The Morgan fingerprint density at radius 3 is 2.38 bits per heavy atom. The van der Waals surface area contributed by atoms with E-state index in [-0.39, 0.29) is 18.5 Å². The average molecular weight is 369 g/mol. The van der Waals surface area contributed by atoms with Gasteiger partial charge in [0, 0.05) is 18.5 Å². The highest BCUT2D eigenvalue weighted by atomic mass is 19.4. The van der Waals surface area contributed by atoms with Crippen LogP contribution in [-0.4, -0.2) is 23.2 Å². The smallest absolute Gasteiger partial charge is 0.442 e. The zero-order valence-corrected chi connectivity index (χ0v) is 13.8. The number of rotatable bonds is 6. The van der Waals surface area contributed by atoms with Gasteiger partial charge in [-0.15, -0.1) is 10.2 Å². The molecule has 1 aromatic rings. The number of benzene rings is 1. The fraction of sp³-hybridized carbons (Fsp3) is 0.529. The van der Waals surface area contributed by atoms with Gasteiger partial charge in [-0.3, -0.25) is 9.59 Å². The van der Waals surface area contributed by atoms with E-state index in [9.17, 15) is 27.9 Å². The van der Waals surface area contributed by atoms with Crippen LogP contribution in [0.4, 0.5) is 13.2 Å². The molecule has 9 heteroatoms. The molecule has 3 rings (SSSR count). The lowest BCUT2D eigenvalue weighted by atomic mass is 9.82. The number of aliphatic carboxylic acids is 1. The monoisotopic (exact) mass is 369 g/mol. The molecule has 0 unspecified atom stereocenters. The van der Waals surface area contributed by atoms with Crippen molar-refractivity contribution in [1.82, 2.24) is 5.32 Å². The highest BCUT2D eigenvalue weighted by Gasteiger charge is 2.65. The molecule has 1 aromatic carbocycles. The van der Waals surface area contributed by atoms with Crippen molar-refractivity contribution in [2.75, 3.05) is 0 Å². The van der Waals surface area contributed by atoms with Crippen LogP contribution in [0.1, 0.15) is 43.2 Å². The Balaban J connectivity index is 1.63. The van der Waals surface area contributed by atoms with E-state index in [1.54, 1.807) is 6.07 Å².